The van der Waals surface area contributed by atoms with Gasteiger partial charge in [0.05, 0.1) is 24.2 Å². The number of hydrogen-bond acceptors (Lipinski definition) is 5. The van der Waals surface area contributed by atoms with Crippen LogP contribution in [0, 0.1) is 0 Å². The largest absolute Gasteiger partial charge is 0.475 e. The molecule has 1 rings (SSSR count). The molecular weight excluding hydrogens is 264 g/mol. The molecule has 1 aromatic heterocycles. The van der Waals surface area contributed by atoms with Crippen LogP contribution < -0.4 is 10.1 Å². The molecule has 1 heterocycles. The average Bonchev–Trinajstić information content (AvgIpc) is 2.39. The number of aromatic nitrogens is 1. The van der Waals surface area contributed by atoms with Crippen LogP contribution in [-0.2, 0) is 9.53 Å². The Hall–Kier alpha value is -1.27. The van der Waals surface area contributed by atoms with E-state index in [2.05, 4.69) is 24.1 Å². The predicted molar refractivity (Wildman–Crippen MR) is 77.8 cm³/mol. The molecule has 0 spiro atoms. The van der Waals surface area contributed by atoms with Gasteiger partial charge < -0.3 is 14.8 Å². The number of pyridine rings is 1. The van der Waals surface area contributed by atoms with E-state index in [0.29, 0.717) is 35.8 Å². The number of anilines is 1. The van der Waals surface area contributed by atoms with Crippen LogP contribution in [0.2, 0.25) is 0 Å². The molecule has 0 saturated heterocycles. The van der Waals surface area contributed by atoms with Gasteiger partial charge in [0.15, 0.2) is 0 Å². The molecule has 0 saturated carbocycles. The number of amides is 1. The van der Waals surface area contributed by atoms with Crippen molar-refractivity contribution in [2.45, 2.75) is 19.1 Å². The van der Waals surface area contributed by atoms with Gasteiger partial charge >= 0.3 is 0 Å². The van der Waals surface area contributed by atoms with Crippen molar-refractivity contribution < 1.29 is 14.3 Å². The highest BCUT2D eigenvalue weighted by atomic mass is 32.2. The lowest BCUT2D eigenvalue weighted by Gasteiger charge is -2.08. The normalized spacial score (nSPS) is 10.5. The molecule has 106 valence electrons. The van der Waals surface area contributed by atoms with Crippen molar-refractivity contribution in [1.82, 2.24) is 4.98 Å². The topological polar surface area (TPSA) is 60.5 Å². The summed E-state index contributed by atoms with van der Waals surface area (Å²) < 4.78 is 10.2. The van der Waals surface area contributed by atoms with E-state index < -0.39 is 0 Å². The lowest BCUT2D eigenvalue weighted by molar-refractivity contribution is -0.113. The lowest BCUT2D eigenvalue weighted by atomic mass is 10.4. The summed E-state index contributed by atoms with van der Waals surface area (Å²) in [5.74, 6) is 0.948. The van der Waals surface area contributed by atoms with Crippen LogP contribution in [0.4, 0.5) is 5.69 Å². The van der Waals surface area contributed by atoms with Crippen molar-refractivity contribution in [3.05, 3.63) is 18.3 Å². The Balaban J connectivity index is 2.37. The van der Waals surface area contributed by atoms with Gasteiger partial charge in [-0.25, -0.2) is 4.98 Å². The maximum Gasteiger partial charge on any atom is 0.234 e. The third-order valence-electron chi connectivity index (χ3n) is 2.11. The number of carbonyl (C=O) groups is 1. The summed E-state index contributed by atoms with van der Waals surface area (Å²) in [7, 11) is 1.62. The van der Waals surface area contributed by atoms with Gasteiger partial charge in [0.1, 0.15) is 6.61 Å². The highest BCUT2D eigenvalue weighted by Gasteiger charge is 2.05. The molecule has 0 aliphatic heterocycles. The van der Waals surface area contributed by atoms with Crippen LogP contribution >= 0.6 is 11.8 Å². The molecule has 5 nitrogen and oxygen atoms in total. The van der Waals surface area contributed by atoms with Crippen LogP contribution in [-0.4, -0.2) is 42.2 Å². The second kappa shape index (κ2) is 8.77. The fourth-order valence-corrected chi connectivity index (χ4v) is 1.77. The smallest absolute Gasteiger partial charge is 0.234 e. The van der Waals surface area contributed by atoms with E-state index in [4.69, 9.17) is 9.47 Å². The minimum absolute atomic E-state index is 0.0199. The van der Waals surface area contributed by atoms with Crippen molar-refractivity contribution in [3.63, 3.8) is 0 Å². The Labute approximate surface area is 118 Å². The molecule has 0 bridgehead atoms. The number of nitrogens with zero attached hydrogens (tertiary/aromatic N) is 1. The monoisotopic (exact) mass is 284 g/mol. The zero-order valence-electron chi connectivity index (χ0n) is 11.5. The molecule has 1 N–H and O–H groups in total. The van der Waals surface area contributed by atoms with Gasteiger partial charge in [-0.1, -0.05) is 13.8 Å². The van der Waals surface area contributed by atoms with Gasteiger partial charge in [-0.05, 0) is 11.3 Å². The summed E-state index contributed by atoms with van der Waals surface area (Å²) in [5.41, 5.74) is 0.674. The Kier molecular flexibility index (Phi) is 7.28. The summed E-state index contributed by atoms with van der Waals surface area (Å²) >= 11 is 1.60. The average molecular weight is 284 g/mol. The summed E-state index contributed by atoms with van der Waals surface area (Å²) in [6.07, 6.45) is 1.58. The highest BCUT2D eigenvalue weighted by molar-refractivity contribution is 8.00. The first-order chi connectivity index (χ1) is 9.11. The molecule has 0 aliphatic carbocycles. The molecule has 0 radical (unpaired) electrons. The summed E-state index contributed by atoms with van der Waals surface area (Å²) in [6.45, 7) is 5.10. The minimum atomic E-state index is -0.0199. The number of hydrogen-bond donors (Lipinski definition) is 1. The first-order valence-electron chi connectivity index (χ1n) is 6.11. The fraction of sp³-hybridized carbons (Fsp3) is 0.538. The Bertz CT molecular complexity index is 382. The zero-order valence-corrected chi connectivity index (χ0v) is 12.3. The van der Waals surface area contributed by atoms with Crippen LogP contribution in [0.25, 0.3) is 0 Å². The molecule has 0 aliphatic rings. The van der Waals surface area contributed by atoms with Crippen molar-refractivity contribution in [2.24, 2.45) is 0 Å². The van der Waals surface area contributed by atoms with Crippen LogP contribution in [0.15, 0.2) is 18.3 Å². The Morgan fingerprint density at radius 3 is 2.79 bits per heavy atom. The van der Waals surface area contributed by atoms with E-state index >= 15 is 0 Å². The van der Waals surface area contributed by atoms with Gasteiger partial charge in [0.25, 0.3) is 0 Å². The second-order valence-corrected chi connectivity index (χ2v) is 5.70. The first-order valence-corrected chi connectivity index (χ1v) is 7.16. The number of nitrogens with one attached hydrogen (secondary N) is 1. The molecule has 6 heteroatoms. The number of methoxy groups -OCH3 is 1. The second-order valence-electron chi connectivity index (χ2n) is 4.13. The number of carbonyl (C=O) groups excluding carboxylic acids is 1. The number of thioether (sulfide) groups is 1. The third-order valence-corrected chi connectivity index (χ3v) is 3.20. The van der Waals surface area contributed by atoms with Crippen molar-refractivity contribution >= 4 is 23.4 Å². The maximum atomic E-state index is 11.6. The summed E-state index contributed by atoms with van der Waals surface area (Å²) in [5, 5.41) is 3.23. The van der Waals surface area contributed by atoms with E-state index in [1.165, 1.54) is 0 Å². The van der Waals surface area contributed by atoms with E-state index in [0.717, 1.165) is 0 Å². The summed E-state index contributed by atoms with van der Waals surface area (Å²) in [6, 6.07) is 3.49. The SMILES string of the molecule is COCCOc1ccc(NC(=O)CSC(C)C)cn1. The van der Waals surface area contributed by atoms with Gasteiger partial charge in [0, 0.05) is 13.2 Å². The minimum Gasteiger partial charge on any atom is -0.475 e. The van der Waals surface area contributed by atoms with Crippen molar-refractivity contribution in [2.75, 3.05) is 31.4 Å². The molecule has 0 aromatic carbocycles. The summed E-state index contributed by atoms with van der Waals surface area (Å²) in [4.78, 5) is 15.7. The van der Waals surface area contributed by atoms with Crippen LogP contribution in [0.1, 0.15) is 13.8 Å². The molecule has 0 atom stereocenters. The van der Waals surface area contributed by atoms with Crippen molar-refractivity contribution in [1.29, 1.82) is 0 Å². The molecule has 0 unspecified atom stereocenters. The van der Waals surface area contributed by atoms with Gasteiger partial charge in [-0.2, -0.15) is 0 Å². The zero-order chi connectivity index (χ0) is 14.1. The van der Waals surface area contributed by atoms with Crippen LogP contribution in [0.3, 0.4) is 0 Å². The van der Waals surface area contributed by atoms with Crippen LogP contribution in [0.5, 0.6) is 5.88 Å². The van der Waals surface area contributed by atoms with E-state index in [-0.39, 0.29) is 5.91 Å². The number of rotatable bonds is 8. The van der Waals surface area contributed by atoms with Gasteiger partial charge in [-0.15, -0.1) is 11.8 Å². The highest BCUT2D eigenvalue weighted by Crippen LogP contribution is 2.13. The van der Waals surface area contributed by atoms with E-state index in [1.54, 1.807) is 37.2 Å². The maximum absolute atomic E-state index is 11.6. The Morgan fingerprint density at radius 1 is 1.42 bits per heavy atom. The molecule has 0 fully saturated rings. The predicted octanol–water partition coefficient (Wildman–Crippen LogP) is 2.19. The fourth-order valence-electron chi connectivity index (χ4n) is 1.21. The van der Waals surface area contributed by atoms with Gasteiger partial charge in [0.2, 0.25) is 11.8 Å². The van der Waals surface area contributed by atoms with E-state index in [9.17, 15) is 4.79 Å². The molecule has 19 heavy (non-hydrogen) atoms. The Morgan fingerprint density at radius 2 is 2.21 bits per heavy atom. The van der Waals surface area contributed by atoms with Gasteiger partial charge in [-0.3, -0.25) is 4.79 Å². The molecule has 1 aromatic rings. The quantitative estimate of drug-likeness (QED) is 0.741. The lowest BCUT2D eigenvalue weighted by Crippen LogP contribution is -2.15. The number of ether oxygens (including phenoxy) is 2. The first kappa shape index (κ1) is 15.8. The third kappa shape index (κ3) is 7.03. The molecule has 1 amide bonds. The van der Waals surface area contributed by atoms with Crippen molar-refractivity contribution in [3.8, 4) is 5.88 Å². The van der Waals surface area contributed by atoms with E-state index in [1.807, 2.05) is 0 Å². The standard InChI is InChI=1S/C13H20N2O3S/c1-10(2)19-9-12(16)15-11-4-5-13(14-8-11)18-7-6-17-3/h4-5,8,10H,6-7,9H2,1-3H3,(H,15,16). The molecular formula is C13H20N2O3S.